The summed E-state index contributed by atoms with van der Waals surface area (Å²) in [5.41, 5.74) is 2.08. The molecule has 0 radical (unpaired) electrons. The number of nitrogens with zero attached hydrogens (tertiary/aromatic N) is 2. The molecule has 0 unspecified atom stereocenters. The molecule has 0 saturated heterocycles. The zero-order valence-corrected chi connectivity index (χ0v) is 12.6. The predicted molar refractivity (Wildman–Crippen MR) is 77.4 cm³/mol. The number of hydrogen-bond acceptors (Lipinski definition) is 4. The second kappa shape index (κ2) is 5.88. The molecule has 0 spiro atoms. The summed E-state index contributed by atoms with van der Waals surface area (Å²) in [6.45, 7) is 3.60. The Morgan fingerprint density at radius 2 is 2.30 bits per heavy atom. The van der Waals surface area contributed by atoms with E-state index in [1.807, 2.05) is 13.0 Å². The molecule has 102 valence electrons. The minimum absolute atomic E-state index is 0.295. The average molecular weight is 334 g/mol. The maximum absolute atomic E-state index is 12.3. The molecule has 1 N–H and O–H groups in total. The molecule has 0 aliphatic heterocycles. The Morgan fingerprint density at radius 3 is 2.95 bits per heavy atom. The Balaban J connectivity index is 2.33. The summed E-state index contributed by atoms with van der Waals surface area (Å²) in [4.78, 5) is 12.3. The summed E-state index contributed by atoms with van der Waals surface area (Å²) < 4.78 is 5.75. The molecule has 5 nitrogen and oxygen atoms in total. The highest BCUT2D eigenvalue weighted by molar-refractivity contribution is 9.10. The number of rotatable bonds is 3. The van der Waals surface area contributed by atoms with Crippen LogP contribution in [-0.4, -0.2) is 11.1 Å². The monoisotopic (exact) mass is 333 g/mol. The van der Waals surface area contributed by atoms with Crippen molar-refractivity contribution in [3.05, 3.63) is 45.3 Å². The second-order valence-corrected chi connectivity index (χ2v) is 5.03. The molecule has 1 heterocycles. The molecule has 1 aromatic carbocycles. The summed E-state index contributed by atoms with van der Waals surface area (Å²) in [6.07, 6.45) is 0.611. The number of halogens is 1. The normalized spacial score (nSPS) is 10.1. The van der Waals surface area contributed by atoms with Crippen molar-refractivity contribution in [1.29, 1.82) is 5.26 Å². The van der Waals surface area contributed by atoms with Crippen LogP contribution in [0.2, 0.25) is 0 Å². The van der Waals surface area contributed by atoms with E-state index in [0.717, 1.165) is 0 Å². The predicted octanol–water partition coefficient (Wildman–Crippen LogP) is 3.43. The average Bonchev–Trinajstić information content (AvgIpc) is 2.82. The SMILES string of the molecule is CCc1noc(C)c1C(=O)Nc1cc(C#N)ccc1Br. The molecule has 0 saturated carbocycles. The van der Waals surface area contributed by atoms with Crippen molar-refractivity contribution in [3.63, 3.8) is 0 Å². The standard InChI is InChI=1S/C14H12BrN3O2/c1-3-11-13(8(2)20-18-11)14(19)17-12-6-9(7-16)4-5-10(12)15/h4-6H,3H2,1-2H3,(H,17,19). The number of carbonyl (C=O) groups excluding carboxylic acids is 1. The smallest absolute Gasteiger partial charge is 0.261 e. The van der Waals surface area contributed by atoms with Crippen molar-refractivity contribution in [2.45, 2.75) is 20.3 Å². The van der Waals surface area contributed by atoms with Crippen LogP contribution in [0, 0.1) is 18.3 Å². The fourth-order valence-electron chi connectivity index (χ4n) is 1.83. The first kappa shape index (κ1) is 14.3. The summed E-state index contributed by atoms with van der Waals surface area (Å²) in [6, 6.07) is 7.03. The molecule has 6 heteroatoms. The van der Waals surface area contributed by atoms with Gasteiger partial charge in [0.1, 0.15) is 11.3 Å². The molecule has 0 aliphatic carbocycles. The molecule has 2 rings (SSSR count). The number of aryl methyl sites for hydroxylation is 2. The van der Waals surface area contributed by atoms with Gasteiger partial charge >= 0.3 is 0 Å². The van der Waals surface area contributed by atoms with Crippen LogP contribution in [-0.2, 0) is 6.42 Å². The number of amides is 1. The van der Waals surface area contributed by atoms with Gasteiger partial charge in [0.05, 0.1) is 23.0 Å². The van der Waals surface area contributed by atoms with Gasteiger partial charge in [0.25, 0.3) is 5.91 Å². The Hall–Kier alpha value is -2.13. The van der Waals surface area contributed by atoms with Gasteiger partial charge in [-0.3, -0.25) is 4.79 Å². The summed E-state index contributed by atoms with van der Waals surface area (Å²) >= 11 is 3.34. The third-order valence-corrected chi connectivity index (χ3v) is 3.53. The van der Waals surface area contributed by atoms with Gasteiger partial charge in [0.15, 0.2) is 0 Å². The van der Waals surface area contributed by atoms with Gasteiger partial charge < -0.3 is 9.84 Å². The highest BCUT2D eigenvalue weighted by atomic mass is 79.9. The largest absolute Gasteiger partial charge is 0.361 e. The highest BCUT2D eigenvalue weighted by Gasteiger charge is 2.19. The summed E-state index contributed by atoms with van der Waals surface area (Å²) in [5, 5.41) is 15.5. The van der Waals surface area contributed by atoms with Crippen molar-refractivity contribution < 1.29 is 9.32 Å². The van der Waals surface area contributed by atoms with Crippen LogP contribution in [0.1, 0.15) is 34.3 Å². The lowest BCUT2D eigenvalue weighted by atomic mass is 10.1. The van der Waals surface area contributed by atoms with Gasteiger partial charge in [-0.25, -0.2) is 0 Å². The number of nitriles is 1. The van der Waals surface area contributed by atoms with Crippen molar-refractivity contribution >= 4 is 27.5 Å². The summed E-state index contributed by atoms with van der Waals surface area (Å²) in [7, 11) is 0. The second-order valence-electron chi connectivity index (χ2n) is 4.17. The van der Waals surface area contributed by atoms with E-state index in [1.54, 1.807) is 25.1 Å². The number of carbonyl (C=O) groups is 1. The van der Waals surface area contributed by atoms with E-state index in [1.165, 1.54) is 0 Å². The fourth-order valence-corrected chi connectivity index (χ4v) is 2.17. The van der Waals surface area contributed by atoms with E-state index < -0.39 is 0 Å². The number of benzene rings is 1. The van der Waals surface area contributed by atoms with Crippen LogP contribution < -0.4 is 5.32 Å². The zero-order chi connectivity index (χ0) is 14.7. The lowest BCUT2D eigenvalue weighted by Crippen LogP contribution is -2.14. The van der Waals surface area contributed by atoms with Crippen LogP contribution in [0.25, 0.3) is 0 Å². The van der Waals surface area contributed by atoms with Gasteiger partial charge in [0, 0.05) is 4.47 Å². The maximum atomic E-state index is 12.3. The van der Waals surface area contributed by atoms with E-state index in [-0.39, 0.29) is 5.91 Å². The summed E-state index contributed by atoms with van der Waals surface area (Å²) in [5.74, 6) is 0.184. The van der Waals surface area contributed by atoms with Crippen LogP contribution in [0.4, 0.5) is 5.69 Å². The van der Waals surface area contributed by atoms with E-state index >= 15 is 0 Å². The third-order valence-electron chi connectivity index (χ3n) is 2.84. The van der Waals surface area contributed by atoms with Crippen LogP contribution in [0.5, 0.6) is 0 Å². The third kappa shape index (κ3) is 2.73. The quantitative estimate of drug-likeness (QED) is 0.933. The molecule has 20 heavy (non-hydrogen) atoms. The molecule has 2 aromatic rings. The van der Waals surface area contributed by atoms with Gasteiger partial charge in [0.2, 0.25) is 0 Å². The molecular formula is C14H12BrN3O2. The lowest BCUT2D eigenvalue weighted by Gasteiger charge is -2.07. The van der Waals surface area contributed by atoms with Crippen molar-refractivity contribution in [2.24, 2.45) is 0 Å². The van der Waals surface area contributed by atoms with E-state index in [2.05, 4.69) is 26.4 Å². The van der Waals surface area contributed by atoms with E-state index in [0.29, 0.717) is 39.2 Å². The number of anilines is 1. The molecule has 0 aliphatic rings. The topological polar surface area (TPSA) is 78.9 Å². The minimum Gasteiger partial charge on any atom is -0.361 e. The molecule has 0 fully saturated rings. The van der Waals surface area contributed by atoms with Crippen LogP contribution in [0.3, 0.4) is 0 Å². The molecule has 1 aromatic heterocycles. The lowest BCUT2D eigenvalue weighted by molar-refractivity contribution is 0.102. The number of nitrogens with one attached hydrogen (secondary N) is 1. The van der Waals surface area contributed by atoms with Crippen LogP contribution in [0.15, 0.2) is 27.2 Å². The van der Waals surface area contributed by atoms with Gasteiger partial charge in [-0.2, -0.15) is 5.26 Å². The van der Waals surface area contributed by atoms with Crippen molar-refractivity contribution in [1.82, 2.24) is 5.16 Å². The molecular weight excluding hydrogens is 322 g/mol. The molecule has 0 atom stereocenters. The van der Waals surface area contributed by atoms with E-state index in [4.69, 9.17) is 9.78 Å². The Labute approximate surface area is 124 Å². The Kier molecular flexibility index (Phi) is 4.20. The Morgan fingerprint density at radius 1 is 1.55 bits per heavy atom. The van der Waals surface area contributed by atoms with Crippen molar-refractivity contribution in [2.75, 3.05) is 5.32 Å². The van der Waals surface area contributed by atoms with Crippen LogP contribution >= 0.6 is 15.9 Å². The van der Waals surface area contributed by atoms with E-state index in [9.17, 15) is 4.79 Å². The Bertz CT molecular complexity index is 701. The minimum atomic E-state index is -0.295. The maximum Gasteiger partial charge on any atom is 0.261 e. The first-order chi connectivity index (χ1) is 9.56. The van der Waals surface area contributed by atoms with Gasteiger partial charge in [-0.15, -0.1) is 0 Å². The number of hydrogen-bond donors (Lipinski definition) is 1. The van der Waals surface area contributed by atoms with Crippen molar-refractivity contribution in [3.8, 4) is 6.07 Å². The fraction of sp³-hybridized carbons (Fsp3) is 0.214. The first-order valence-electron chi connectivity index (χ1n) is 6.03. The molecule has 1 amide bonds. The molecule has 0 bridgehead atoms. The first-order valence-corrected chi connectivity index (χ1v) is 6.82. The highest BCUT2D eigenvalue weighted by Crippen LogP contribution is 2.25. The zero-order valence-electron chi connectivity index (χ0n) is 11.0. The van der Waals surface area contributed by atoms with Gasteiger partial charge in [-0.1, -0.05) is 12.1 Å². The van der Waals surface area contributed by atoms with Gasteiger partial charge in [-0.05, 0) is 47.5 Å². The number of aromatic nitrogens is 1.